The summed E-state index contributed by atoms with van der Waals surface area (Å²) in [6.45, 7) is 2.63. The second-order valence-corrected chi connectivity index (χ2v) is 4.25. The van der Waals surface area contributed by atoms with Crippen LogP contribution in [-0.2, 0) is 6.54 Å². The molecule has 72 valence electrons. The third-order valence-corrected chi connectivity index (χ3v) is 3.19. The zero-order valence-electron chi connectivity index (χ0n) is 8.03. The number of aryl methyl sites for hydroxylation is 1. The summed E-state index contributed by atoms with van der Waals surface area (Å²) in [6, 6.07) is 8.31. The van der Waals surface area contributed by atoms with E-state index < -0.39 is 0 Å². The lowest BCUT2D eigenvalue weighted by Gasteiger charge is -2.00. The van der Waals surface area contributed by atoms with Gasteiger partial charge in [0.1, 0.15) is 5.01 Å². The Hall–Kier alpha value is -1.19. The molecule has 2 N–H and O–H groups in total. The van der Waals surface area contributed by atoms with Gasteiger partial charge in [0.05, 0.1) is 4.88 Å². The van der Waals surface area contributed by atoms with Crippen LogP contribution >= 0.6 is 11.3 Å². The van der Waals surface area contributed by atoms with E-state index in [9.17, 15) is 0 Å². The molecule has 1 aromatic carbocycles. The molecule has 0 atom stereocenters. The summed E-state index contributed by atoms with van der Waals surface area (Å²) in [5.41, 5.74) is 8.06. The van der Waals surface area contributed by atoms with Gasteiger partial charge in [-0.2, -0.15) is 0 Å². The highest BCUT2D eigenvalue weighted by atomic mass is 32.1. The summed E-state index contributed by atoms with van der Waals surface area (Å²) in [6.07, 6.45) is 1.90. The second-order valence-electron chi connectivity index (χ2n) is 3.14. The smallest absolute Gasteiger partial charge is 0.107 e. The maximum atomic E-state index is 5.53. The minimum absolute atomic E-state index is 0.524. The average molecular weight is 204 g/mol. The van der Waals surface area contributed by atoms with E-state index in [0.717, 1.165) is 5.01 Å². The highest BCUT2D eigenvalue weighted by Crippen LogP contribution is 2.28. The molecule has 3 heteroatoms. The Morgan fingerprint density at radius 3 is 2.79 bits per heavy atom. The van der Waals surface area contributed by atoms with Crippen molar-refractivity contribution in [3.05, 3.63) is 41.0 Å². The van der Waals surface area contributed by atoms with Crippen LogP contribution in [0, 0.1) is 6.92 Å². The van der Waals surface area contributed by atoms with Gasteiger partial charge in [-0.1, -0.05) is 24.3 Å². The van der Waals surface area contributed by atoms with Gasteiger partial charge in [0.25, 0.3) is 0 Å². The van der Waals surface area contributed by atoms with E-state index in [0.29, 0.717) is 6.54 Å². The maximum absolute atomic E-state index is 5.53. The molecule has 2 nitrogen and oxygen atoms in total. The molecular weight excluding hydrogens is 192 g/mol. The monoisotopic (exact) mass is 204 g/mol. The first-order valence-electron chi connectivity index (χ1n) is 4.52. The van der Waals surface area contributed by atoms with Gasteiger partial charge in [0, 0.05) is 12.7 Å². The highest BCUT2D eigenvalue weighted by Gasteiger charge is 2.04. The summed E-state index contributed by atoms with van der Waals surface area (Å²) in [4.78, 5) is 5.44. The van der Waals surface area contributed by atoms with E-state index in [1.165, 1.54) is 16.0 Å². The van der Waals surface area contributed by atoms with Crippen molar-refractivity contribution in [3.63, 3.8) is 0 Å². The van der Waals surface area contributed by atoms with Crippen LogP contribution in [0.5, 0.6) is 0 Å². The minimum atomic E-state index is 0.524. The van der Waals surface area contributed by atoms with Crippen LogP contribution in [0.1, 0.15) is 10.6 Å². The molecule has 14 heavy (non-hydrogen) atoms. The Balaban J connectivity index is 2.44. The quantitative estimate of drug-likeness (QED) is 0.816. The van der Waals surface area contributed by atoms with Gasteiger partial charge in [0.2, 0.25) is 0 Å². The predicted molar refractivity (Wildman–Crippen MR) is 60.2 cm³/mol. The van der Waals surface area contributed by atoms with Gasteiger partial charge in [0.15, 0.2) is 0 Å². The zero-order valence-corrected chi connectivity index (χ0v) is 8.84. The fourth-order valence-electron chi connectivity index (χ4n) is 1.38. The molecule has 1 heterocycles. The Bertz CT molecular complexity index is 434. The van der Waals surface area contributed by atoms with E-state index in [4.69, 9.17) is 5.73 Å². The largest absolute Gasteiger partial charge is 0.325 e. The summed E-state index contributed by atoms with van der Waals surface area (Å²) >= 11 is 1.66. The van der Waals surface area contributed by atoms with Crippen LogP contribution in [0.2, 0.25) is 0 Å². The number of aromatic nitrogens is 1. The van der Waals surface area contributed by atoms with Gasteiger partial charge in [-0.25, -0.2) is 4.98 Å². The van der Waals surface area contributed by atoms with Crippen LogP contribution in [-0.4, -0.2) is 4.98 Å². The fraction of sp³-hybridized carbons (Fsp3) is 0.182. The van der Waals surface area contributed by atoms with Crippen molar-refractivity contribution in [2.45, 2.75) is 13.5 Å². The van der Waals surface area contributed by atoms with Crippen molar-refractivity contribution in [1.82, 2.24) is 4.98 Å². The lowest BCUT2D eigenvalue weighted by Crippen LogP contribution is -1.93. The number of nitrogens with zero attached hydrogens (tertiary/aromatic N) is 1. The standard InChI is InChI=1S/C11H12N2S/c1-8-4-2-3-5-9(8)10-7-13-11(6-12)14-10/h2-5,7H,6,12H2,1H3. The summed E-state index contributed by atoms with van der Waals surface area (Å²) in [5, 5.41) is 0.989. The summed E-state index contributed by atoms with van der Waals surface area (Å²) in [7, 11) is 0. The average Bonchev–Trinajstić information content (AvgIpc) is 2.67. The number of hydrogen-bond donors (Lipinski definition) is 1. The summed E-state index contributed by atoms with van der Waals surface area (Å²) in [5.74, 6) is 0. The van der Waals surface area contributed by atoms with E-state index in [1.807, 2.05) is 18.3 Å². The molecule has 0 unspecified atom stereocenters. The lowest BCUT2D eigenvalue weighted by atomic mass is 10.1. The van der Waals surface area contributed by atoms with Crippen molar-refractivity contribution in [3.8, 4) is 10.4 Å². The van der Waals surface area contributed by atoms with Gasteiger partial charge < -0.3 is 5.73 Å². The Morgan fingerprint density at radius 1 is 1.36 bits per heavy atom. The van der Waals surface area contributed by atoms with Crippen LogP contribution in [0.4, 0.5) is 0 Å². The van der Waals surface area contributed by atoms with Crippen LogP contribution < -0.4 is 5.73 Å². The first kappa shape index (κ1) is 9.37. The molecule has 1 aromatic heterocycles. The SMILES string of the molecule is Cc1ccccc1-c1cnc(CN)s1. The Labute approximate surface area is 87.4 Å². The molecule has 0 aliphatic rings. The van der Waals surface area contributed by atoms with Crippen LogP contribution in [0.15, 0.2) is 30.5 Å². The first-order valence-corrected chi connectivity index (χ1v) is 5.33. The normalized spacial score (nSPS) is 10.4. The third kappa shape index (κ3) is 1.69. The second kappa shape index (κ2) is 3.90. The topological polar surface area (TPSA) is 38.9 Å². The molecule has 0 aliphatic carbocycles. The van der Waals surface area contributed by atoms with Crippen LogP contribution in [0.3, 0.4) is 0 Å². The van der Waals surface area contributed by atoms with Crippen molar-refractivity contribution < 1.29 is 0 Å². The molecule has 0 saturated heterocycles. The summed E-state index contributed by atoms with van der Waals surface area (Å²) < 4.78 is 0. The number of nitrogens with two attached hydrogens (primary N) is 1. The predicted octanol–water partition coefficient (Wildman–Crippen LogP) is 2.58. The van der Waals surface area contributed by atoms with E-state index in [2.05, 4.69) is 24.0 Å². The molecule has 0 spiro atoms. The minimum Gasteiger partial charge on any atom is -0.325 e. The highest BCUT2D eigenvalue weighted by molar-refractivity contribution is 7.15. The molecule has 0 amide bonds. The fourth-order valence-corrected chi connectivity index (χ4v) is 2.27. The van der Waals surface area contributed by atoms with Gasteiger partial charge in [-0.05, 0) is 18.1 Å². The lowest BCUT2D eigenvalue weighted by molar-refractivity contribution is 1.04. The molecule has 0 radical (unpaired) electrons. The van der Waals surface area contributed by atoms with E-state index in [1.54, 1.807) is 11.3 Å². The third-order valence-electron chi connectivity index (χ3n) is 2.14. The van der Waals surface area contributed by atoms with Gasteiger partial charge in [-0.15, -0.1) is 11.3 Å². The van der Waals surface area contributed by atoms with Crippen LogP contribution in [0.25, 0.3) is 10.4 Å². The van der Waals surface area contributed by atoms with Gasteiger partial charge in [-0.3, -0.25) is 0 Å². The van der Waals surface area contributed by atoms with E-state index >= 15 is 0 Å². The van der Waals surface area contributed by atoms with Gasteiger partial charge >= 0.3 is 0 Å². The number of rotatable bonds is 2. The number of hydrogen-bond acceptors (Lipinski definition) is 3. The van der Waals surface area contributed by atoms with E-state index in [-0.39, 0.29) is 0 Å². The number of thiazole rings is 1. The van der Waals surface area contributed by atoms with Crippen molar-refractivity contribution in [2.24, 2.45) is 5.73 Å². The molecular formula is C11H12N2S. The maximum Gasteiger partial charge on any atom is 0.107 e. The zero-order chi connectivity index (χ0) is 9.97. The molecule has 0 fully saturated rings. The molecule has 2 aromatic rings. The molecule has 0 aliphatic heterocycles. The first-order chi connectivity index (χ1) is 6.81. The number of benzene rings is 1. The van der Waals surface area contributed by atoms with Crippen molar-refractivity contribution in [2.75, 3.05) is 0 Å². The Morgan fingerprint density at radius 2 is 2.14 bits per heavy atom. The van der Waals surface area contributed by atoms with Crippen molar-refractivity contribution in [1.29, 1.82) is 0 Å². The molecule has 0 bridgehead atoms. The molecule has 2 rings (SSSR count). The Kier molecular flexibility index (Phi) is 2.61. The van der Waals surface area contributed by atoms with Crippen molar-refractivity contribution >= 4 is 11.3 Å². The molecule has 0 saturated carbocycles.